The van der Waals surface area contributed by atoms with Crippen LogP contribution in [0.4, 0.5) is 8.78 Å². The topological polar surface area (TPSA) is 106 Å². The summed E-state index contributed by atoms with van der Waals surface area (Å²) in [5.41, 5.74) is 3.45. The Morgan fingerprint density at radius 1 is 1.03 bits per heavy atom. The van der Waals surface area contributed by atoms with Gasteiger partial charge in [0, 0.05) is 22.9 Å². The number of halogens is 2. The molecule has 1 amide bonds. The van der Waals surface area contributed by atoms with Gasteiger partial charge in [-0.3, -0.25) is 4.79 Å². The molecule has 1 heterocycles. The van der Waals surface area contributed by atoms with Gasteiger partial charge in [0.05, 0.1) is 34.0 Å². The van der Waals surface area contributed by atoms with E-state index in [4.69, 9.17) is 0 Å². The molecule has 7 nitrogen and oxygen atoms in total. The van der Waals surface area contributed by atoms with E-state index in [1.165, 1.54) is 35.6 Å². The van der Waals surface area contributed by atoms with Crippen molar-refractivity contribution in [3.63, 3.8) is 0 Å². The highest BCUT2D eigenvalue weighted by atomic mass is 32.2. The summed E-state index contributed by atoms with van der Waals surface area (Å²) in [6.45, 7) is -1.65. The molecule has 2 N–H and O–H groups in total. The van der Waals surface area contributed by atoms with Crippen molar-refractivity contribution in [1.82, 2.24) is 10.3 Å². The van der Waals surface area contributed by atoms with Gasteiger partial charge in [-0.2, -0.15) is 8.78 Å². The smallest absolute Gasteiger partial charge is 0.387 e. The summed E-state index contributed by atoms with van der Waals surface area (Å²) in [4.78, 5) is 17.6. The summed E-state index contributed by atoms with van der Waals surface area (Å²) in [6, 6.07) is 18.7. The Bertz CT molecular complexity index is 1510. The molecule has 0 aliphatic heterocycles. The van der Waals surface area contributed by atoms with Crippen molar-refractivity contribution in [2.45, 2.75) is 30.9 Å². The Morgan fingerprint density at radius 3 is 2.28 bits per heavy atom. The number of hydrogen-bond acceptors (Lipinski definition) is 7. The Morgan fingerprint density at radius 2 is 1.69 bits per heavy atom. The summed E-state index contributed by atoms with van der Waals surface area (Å²) in [5, 5.41) is 15.3. The molecule has 0 spiro atoms. The molecule has 4 aromatic rings. The second-order valence-electron chi connectivity index (χ2n) is 8.58. The summed E-state index contributed by atoms with van der Waals surface area (Å²) < 4.78 is 53.0. The predicted molar refractivity (Wildman–Crippen MR) is 145 cm³/mol. The molecule has 1 atom stereocenters. The Balaban J connectivity index is 1.39. The van der Waals surface area contributed by atoms with Crippen LogP contribution in [0.5, 0.6) is 5.75 Å². The van der Waals surface area contributed by atoms with Gasteiger partial charge in [-0.15, -0.1) is 11.3 Å². The van der Waals surface area contributed by atoms with Crippen LogP contribution in [0.15, 0.2) is 83.1 Å². The highest BCUT2D eigenvalue weighted by Gasteiger charge is 2.17. The molecule has 0 saturated carbocycles. The minimum atomic E-state index is -3.34. The molecule has 0 saturated heterocycles. The zero-order valence-electron chi connectivity index (χ0n) is 20.9. The third-order valence-corrected chi connectivity index (χ3v) is 8.61. The lowest BCUT2D eigenvalue weighted by Gasteiger charge is -2.17. The fourth-order valence-corrected chi connectivity index (χ4v) is 5.55. The van der Waals surface area contributed by atoms with E-state index in [-0.39, 0.29) is 28.9 Å². The maximum atomic E-state index is 12.8. The van der Waals surface area contributed by atoms with E-state index in [1.807, 2.05) is 5.38 Å². The minimum Gasteiger partial charge on any atom is -0.435 e. The van der Waals surface area contributed by atoms with Gasteiger partial charge < -0.3 is 15.2 Å². The number of amides is 1. The molecule has 204 valence electrons. The minimum absolute atomic E-state index is 0.0140. The lowest BCUT2D eigenvalue weighted by atomic mass is 10.1. The van der Waals surface area contributed by atoms with Crippen LogP contribution in [-0.4, -0.2) is 43.4 Å². The van der Waals surface area contributed by atoms with Crippen LogP contribution >= 0.6 is 11.3 Å². The van der Waals surface area contributed by atoms with Crippen LogP contribution in [0.1, 0.15) is 39.5 Å². The van der Waals surface area contributed by atoms with Crippen molar-refractivity contribution in [3.8, 4) is 17.0 Å². The summed E-state index contributed by atoms with van der Waals surface area (Å²) >= 11 is 1.47. The molecule has 0 bridgehead atoms. The zero-order valence-corrected chi connectivity index (χ0v) is 22.5. The second-order valence-corrected chi connectivity index (χ2v) is 11.8. The summed E-state index contributed by atoms with van der Waals surface area (Å²) in [6.07, 6.45) is 0.536. The highest BCUT2D eigenvalue weighted by Crippen LogP contribution is 2.25. The number of aliphatic hydroxyl groups excluding tert-OH is 1. The van der Waals surface area contributed by atoms with E-state index < -0.39 is 22.5 Å². The van der Waals surface area contributed by atoms with E-state index in [1.54, 1.807) is 55.5 Å². The SMILES string of the molecule is CCS(=O)(=O)c1ccc(C(CO)NC(=O)c2ccc(-c3csc(Cc4ccc(OC(F)F)cc4)n3)cc2)cc1. The number of carbonyl (C=O) groups is 1. The van der Waals surface area contributed by atoms with Crippen LogP contribution < -0.4 is 10.1 Å². The maximum Gasteiger partial charge on any atom is 0.387 e. The molecular formula is C28H26F2N2O5S2. The fourth-order valence-electron chi connectivity index (χ4n) is 3.83. The largest absolute Gasteiger partial charge is 0.435 e. The first-order valence-corrected chi connectivity index (χ1v) is 14.5. The molecule has 11 heteroatoms. The molecule has 0 fully saturated rings. The monoisotopic (exact) mass is 572 g/mol. The Labute approximate surface area is 229 Å². The highest BCUT2D eigenvalue weighted by molar-refractivity contribution is 7.91. The van der Waals surface area contributed by atoms with Crippen LogP contribution in [0, 0.1) is 0 Å². The average Bonchev–Trinajstić information content (AvgIpc) is 3.41. The number of nitrogens with one attached hydrogen (secondary N) is 1. The molecule has 4 rings (SSSR count). The van der Waals surface area contributed by atoms with Gasteiger partial charge in [0.25, 0.3) is 5.91 Å². The van der Waals surface area contributed by atoms with E-state index in [2.05, 4.69) is 15.0 Å². The normalized spacial score (nSPS) is 12.3. The van der Waals surface area contributed by atoms with Crippen LogP contribution in [0.3, 0.4) is 0 Å². The first-order valence-electron chi connectivity index (χ1n) is 12.0. The van der Waals surface area contributed by atoms with E-state index in [0.29, 0.717) is 17.5 Å². The van der Waals surface area contributed by atoms with Crippen molar-refractivity contribution in [3.05, 3.63) is 99.9 Å². The van der Waals surface area contributed by atoms with Gasteiger partial charge in [0.2, 0.25) is 0 Å². The zero-order chi connectivity index (χ0) is 28.0. The van der Waals surface area contributed by atoms with Gasteiger partial charge in [-0.05, 0) is 47.5 Å². The summed E-state index contributed by atoms with van der Waals surface area (Å²) in [5.74, 6) is -0.299. The molecule has 0 aliphatic rings. The van der Waals surface area contributed by atoms with Crippen molar-refractivity contribution in [1.29, 1.82) is 0 Å². The molecule has 1 unspecified atom stereocenters. The van der Waals surface area contributed by atoms with Crippen LogP contribution in [0.2, 0.25) is 0 Å². The average molecular weight is 573 g/mol. The van der Waals surface area contributed by atoms with Crippen molar-refractivity contribution in [2.75, 3.05) is 12.4 Å². The molecule has 1 aromatic heterocycles. The number of aromatic nitrogens is 1. The van der Waals surface area contributed by atoms with Crippen LogP contribution in [0.25, 0.3) is 11.3 Å². The number of rotatable bonds is 11. The third kappa shape index (κ3) is 7.25. The van der Waals surface area contributed by atoms with E-state index >= 15 is 0 Å². The van der Waals surface area contributed by atoms with Gasteiger partial charge in [-0.1, -0.05) is 43.3 Å². The molecular weight excluding hydrogens is 546 g/mol. The molecule has 39 heavy (non-hydrogen) atoms. The molecule has 0 aliphatic carbocycles. The first-order chi connectivity index (χ1) is 18.7. The number of aliphatic hydroxyl groups is 1. The Kier molecular flexibility index (Phi) is 9.05. The van der Waals surface area contributed by atoms with Gasteiger partial charge >= 0.3 is 6.61 Å². The molecule has 0 radical (unpaired) electrons. The summed E-state index contributed by atoms with van der Waals surface area (Å²) in [7, 11) is -3.34. The quantitative estimate of drug-likeness (QED) is 0.254. The number of benzene rings is 3. The third-order valence-electron chi connectivity index (χ3n) is 6.01. The Hall–Kier alpha value is -3.67. The van der Waals surface area contributed by atoms with E-state index in [9.17, 15) is 27.1 Å². The van der Waals surface area contributed by atoms with Crippen molar-refractivity contribution < 1.29 is 31.8 Å². The number of sulfone groups is 1. The number of thiazole rings is 1. The van der Waals surface area contributed by atoms with E-state index in [0.717, 1.165) is 21.8 Å². The number of carbonyl (C=O) groups excluding carboxylic acids is 1. The fraction of sp³-hybridized carbons (Fsp3) is 0.214. The van der Waals surface area contributed by atoms with Gasteiger partial charge in [-0.25, -0.2) is 13.4 Å². The molecule has 3 aromatic carbocycles. The number of hydrogen-bond donors (Lipinski definition) is 2. The second kappa shape index (κ2) is 12.5. The van der Waals surface area contributed by atoms with Crippen molar-refractivity contribution in [2.24, 2.45) is 0 Å². The van der Waals surface area contributed by atoms with Gasteiger partial charge in [0.15, 0.2) is 9.84 Å². The standard InChI is InChI=1S/C28H26F2N2O5S2/c1-2-39(35,36)23-13-9-19(10-14-23)24(16-33)32-27(34)21-7-5-20(6-8-21)25-17-38-26(31-25)15-18-3-11-22(12-4-18)37-28(29)30/h3-14,17,24,28,33H,2,15-16H2,1H3,(H,32,34). The lowest BCUT2D eigenvalue weighted by Crippen LogP contribution is -2.30. The first kappa shape index (κ1) is 28.3. The maximum absolute atomic E-state index is 12.8. The van der Waals surface area contributed by atoms with Crippen molar-refractivity contribution >= 4 is 27.1 Å². The lowest BCUT2D eigenvalue weighted by molar-refractivity contribution is -0.0498. The van der Waals surface area contributed by atoms with Gasteiger partial charge in [0.1, 0.15) is 5.75 Å². The predicted octanol–water partition coefficient (Wildman–Crippen LogP) is 5.26. The number of ether oxygens (including phenoxy) is 1. The number of alkyl halides is 2. The number of nitrogens with zero attached hydrogens (tertiary/aromatic N) is 1. The van der Waals surface area contributed by atoms with Crippen LogP contribution in [-0.2, 0) is 16.3 Å².